The Hall–Kier alpha value is -0.970. The van der Waals surface area contributed by atoms with Crippen molar-refractivity contribution in [2.45, 2.75) is 11.5 Å². The number of ether oxygens (including phenoxy) is 1. The Kier molecular flexibility index (Phi) is 4.91. The SMILES string of the molecule is O=C(OCc1ccc(Cl)cc1)c1ccc(Br)cc1S. The van der Waals surface area contributed by atoms with Crippen LogP contribution in [0.4, 0.5) is 0 Å². The maximum atomic E-state index is 11.9. The van der Waals surface area contributed by atoms with E-state index < -0.39 is 5.97 Å². The molecule has 19 heavy (non-hydrogen) atoms. The first-order valence-electron chi connectivity index (χ1n) is 5.46. The number of hydrogen-bond acceptors (Lipinski definition) is 3. The van der Waals surface area contributed by atoms with Gasteiger partial charge in [-0.05, 0) is 35.9 Å². The number of benzene rings is 2. The number of carbonyl (C=O) groups is 1. The maximum Gasteiger partial charge on any atom is 0.339 e. The molecule has 0 aliphatic rings. The van der Waals surface area contributed by atoms with Crippen LogP contribution < -0.4 is 0 Å². The Morgan fingerprint density at radius 2 is 1.89 bits per heavy atom. The van der Waals surface area contributed by atoms with Gasteiger partial charge in [0, 0.05) is 14.4 Å². The number of hydrogen-bond donors (Lipinski definition) is 1. The van der Waals surface area contributed by atoms with Crippen LogP contribution in [-0.4, -0.2) is 5.97 Å². The second-order valence-electron chi connectivity index (χ2n) is 3.86. The molecule has 0 radical (unpaired) electrons. The van der Waals surface area contributed by atoms with Gasteiger partial charge in [0.25, 0.3) is 0 Å². The third-order valence-corrected chi connectivity index (χ3v) is 3.58. The molecule has 0 bridgehead atoms. The molecule has 2 nitrogen and oxygen atoms in total. The minimum Gasteiger partial charge on any atom is -0.457 e. The van der Waals surface area contributed by atoms with Crippen LogP contribution in [0, 0.1) is 0 Å². The van der Waals surface area contributed by atoms with Gasteiger partial charge in [-0.2, -0.15) is 0 Å². The molecule has 0 heterocycles. The molecule has 2 aromatic carbocycles. The van der Waals surface area contributed by atoms with E-state index in [-0.39, 0.29) is 6.61 Å². The summed E-state index contributed by atoms with van der Waals surface area (Å²) in [7, 11) is 0. The first-order chi connectivity index (χ1) is 9.06. The van der Waals surface area contributed by atoms with Crippen LogP contribution >= 0.6 is 40.2 Å². The Morgan fingerprint density at radius 1 is 1.21 bits per heavy atom. The zero-order valence-electron chi connectivity index (χ0n) is 9.77. The summed E-state index contributed by atoms with van der Waals surface area (Å²) in [6.07, 6.45) is 0. The van der Waals surface area contributed by atoms with E-state index in [2.05, 4.69) is 28.6 Å². The molecule has 0 N–H and O–H groups in total. The summed E-state index contributed by atoms with van der Waals surface area (Å²) in [5.74, 6) is -0.396. The van der Waals surface area contributed by atoms with E-state index in [4.69, 9.17) is 16.3 Å². The highest BCUT2D eigenvalue weighted by atomic mass is 79.9. The van der Waals surface area contributed by atoms with E-state index >= 15 is 0 Å². The van der Waals surface area contributed by atoms with Gasteiger partial charge < -0.3 is 4.74 Å². The van der Waals surface area contributed by atoms with Gasteiger partial charge >= 0.3 is 5.97 Å². The van der Waals surface area contributed by atoms with Crippen LogP contribution in [0.15, 0.2) is 51.8 Å². The lowest BCUT2D eigenvalue weighted by molar-refractivity contribution is 0.0468. The molecule has 0 saturated heterocycles. The molecular weight excluding hydrogens is 348 g/mol. The summed E-state index contributed by atoms with van der Waals surface area (Å²) in [6.45, 7) is 0.208. The van der Waals surface area contributed by atoms with E-state index in [1.807, 2.05) is 12.1 Å². The van der Waals surface area contributed by atoms with Gasteiger partial charge in [0.2, 0.25) is 0 Å². The standard InChI is InChI=1S/C14H10BrClO2S/c15-10-3-6-12(13(19)7-10)14(17)18-8-9-1-4-11(16)5-2-9/h1-7,19H,8H2. The molecule has 0 aliphatic heterocycles. The molecule has 0 spiro atoms. The maximum absolute atomic E-state index is 11.9. The summed E-state index contributed by atoms with van der Waals surface area (Å²) in [6, 6.07) is 12.4. The summed E-state index contributed by atoms with van der Waals surface area (Å²) >= 11 is 13.4. The van der Waals surface area contributed by atoms with Crippen LogP contribution in [0.1, 0.15) is 15.9 Å². The number of thiol groups is 1. The van der Waals surface area contributed by atoms with Crippen molar-refractivity contribution in [3.8, 4) is 0 Å². The predicted molar refractivity (Wildman–Crippen MR) is 82.0 cm³/mol. The number of halogens is 2. The highest BCUT2D eigenvalue weighted by molar-refractivity contribution is 9.10. The Labute approximate surface area is 130 Å². The average Bonchev–Trinajstić information content (AvgIpc) is 2.37. The van der Waals surface area contributed by atoms with Crippen molar-refractivity contribution in [3.05, 3.63) is 63.1 Å². The monoisotopic (exact) mass is 356 g/mol. The van der Waals surface area contributed by atoms with E-state index in [1.54, 1.807) is 30.3 Å². The van der Waals surface area contributed by atoms with Gasteiger partial charge in [0.05, 0.1) is 5.56 Å². The first-order valence-corrected chi connectivity index (χ1v) is 7.08. The van der Waals surface area contributed by atoms with Crippen LogP contribution in [-0.2, 0) is 11.3 Å². The fourth-order valence-corrected chi connectivity index (χ4v) is 2.45. The largest absolute Gasteiger partial charge is 0.457 e. The number of esters is 1. The fourth-order valence-electron chi connectivity index (χ4n) is 1.48. The van der Waals surface area contributed by atoms with Gasteiger partial charge in [-0.3, -0.25) is 0 Å². The molecule has 0 atom stereocenters. The lowest BCUT2D eigenvalue weighted by Crippen LogP contribution is -2.06. The van der Waals surface area contributed by atoms with Crippen LogP contribution in [0.3, 0.4) is 0 Å². The predicted octanol–water partition coefficient (Wildman–Crippen LogP) is 4.75. The van der Waals surface area contributed by atoms with E-state index in [0.29, 0.717) is 15.5 Å². The lowest BCUT2D eigenvalue weighted by Gasteiger charge is -2.07. The van der Waals surface area contributed by atoms with Crippen molar-refractivity contribution in [1.29, 1.82) is 0 Å². The van der Waals surface area contributed by atoms with Gasteiger partial charge in [-0.25, -0.2) is 4.79 Å². The third kappa shape index (κ3) is 4.00. The highest BCUT2D eigenvalue weighted by Gasteiger charge is 2.11. The average molecular weight is 358 g/mol. The summed E-state index contributed by atoms with van der Waals surface area (Å²) in [4.78, 5) is 12.5. The van der Waals surface area contributed by atoms with Crippen LogP contribution in [0.5, 0.6) is 0 Å². The van der Waals surface area contributed by atoms with Crippen LogP contribution in [0.2, 0.25) is 5.02 Å². The molecule has 0 aromatic heterocycles. The fraction of sp³-hybridized carbons (Fsp3) is 0.0714. The molecule has 98 valence electrons. The van der Waals surface area contributed by atoms with E-state index in [9.17, 15) is 4.79 Å². The topological polar surface area (TPSA) is 26.3 Å². The number of carbonyl (C=O) groups excluding carboxylic acids is 1. The molecule has 5 heteroatoms. The quantitative estimate of drug-likeness (QED) is 0.634. The normalized spacial score (nSPS) is 10.3. The highest BCUT2D eigenvalue weighted by Crippen LogP contribution is 2.21. The summed E-state index contributed by atoms with van der Waals surface area (Å²) in [5, 5.41) is 0.653. The van der Waals surface area contributed by atoms with Crippen molar-refractivity contribution in [1.82, 2.24) is 0 Å². The van der Waals surface area contributed by atoms with Gasteiger partial charge in [0.1, 0.15) is 6.61 Å². The first kappa shape index (κ1) is 14.4. The van der Waals surface area contributed by atoms with Crippen LogP contribution in [0.25, 0.3) is 0 Å². The Bertz CT molecular complexity index is 599. The van der Waals surface area contributed by atoms with Crippen molar-refractivity contribution in [2.75, 3.05) is 0 Å². The third-order valence-electron chi connectivity index (χ3n) is 2.46. The molecule has 0 saturated carbocycles. The number of rotatable bonds is 3. The van der Waals surface area contributed by atoms with Crippen molar-refractivity contribution in [2.24, 2.45) is 0 Å². The van der Waals surface area contributed by atoms with E-state index in [0.717, 1.165) is 10.0 Å². The Balaban J connectivity index is 2.03. The van der Waals surface area contributed by atoms with Gasteiger partial charge in [-0.1, -0.05) is 39.7 Å². The molecule has 2 rings (SSSR count). The second kappa shape index (κ2) is 6.46. The Morgan fingerprint density at radius 3 is 2.53 bits per heavy atom. The van der Waals surface area contributed by atoms with Gasteiger partial charge in [-0.15, -0.1) is 12.6 Å². The second-order valence-corrected chi connectivity index (χ2v) is 5.70. The van der Waals surface area contributed by atoms with Gasteiger partial charge in [0.15, 0.2) is 0 Å². The smallest absolute Gasteiger partial charge is 0.339 e. The zero-order valence-corrected chi connectivity index (χ0v) is 13.0. The minimum absolute atomic E-state index is 0.208. The molecular formula is C14H10BrClO2S. The summed E-state index contributed by atoms with van der Waals surface area (Å²) in [5.41, 5.74) is 1.33. The summed E-state index contributed by atoms with van der Waals surface area (Å²) < 4.78 is 6.10. The molecule has 0 aliphatic carbocycles. The van der Waals surface area contributed by atoms with Crippen molar-refractivity contribution >= 4 is 46.1 Å². The minimum atomic E-state index is -0.396. The molecule has 0 amide bonds. The molecule has 2 aromatic rings. The van der Waals surface area contributed by atoms with Crippen molar-refractivity contribution < 1.29 is 9.53 Å². The lowest BCUT2D eigenvalue weighted by atomic mass is 10.2. The van der Waals surface area contributed by atoms with E-state index in [1.165, 1.54) is 0 Å². The van der Waals surface area contributed by atoms with Crippen molar-refractivity contribution in [3.63, 3.8) is 0 Å². The zero-order chi connectivity index (χ0) is 13.8. The molecule has 0 fully saturated rings. The molecule has 0 unspecified atom stereocenters.